The van der Waals surface area contributed by atoms with Crippen molar-refractivity contribution < 1.29 is 4.74 Å². The van der Waals surface area contributed by atoms with Gasteiger partial charge in [0, 0.05) is 58.4 Å². The maximum absolute atomic E-state index is 5.46. The molecular formula is C16H31N5O. The van der Waals surface area contributed by atoms with Gasteiger partial charge in [0.1, 0.15) is 0 Å². The lowest BCUT2D eigenvalue weighted by molar-refractivity contribution is 0.0195. The van der Waals surface area contributed by atoms with E-state index in [4.69, 9.17) is 4.74 Å². The Morgan fingerprint density at radius 2 is 2.00 bits per heavy atom. The van der Waals surface area contributed by atoms with Crippen LogP contribution in [0.5, 0.6) is 0 Å². The van der Waals surface area contributed by atoms with E-state index >= 15 is 0 Å². The van der Waals surface area contributed by atoms with Crippen molar-refractivity contribution in [2.45, 2.75) is 31.3 Å². The SMILES string of the molecule is CN=C(NCCN(C)C1CC1)N1CCC(N2CCOCC2)C1. The molecule has 0 aromatic carbocycles. The maximum atomic E-state index is 5.46. The topological polar surface area (TPSA) is 43.3 Å². The van der Waals surface area contributed by atoms with Gasteiger partial charge in [-0.15, -0.1) is 0 Å². The summed E-state index contributed by atoms with van der Waals surface area (Å²) in [6.45, 7) is 8.22. The quantitative estimate of drug-likeness (QED) is 0.575. The van der Waals surface area contributed by atoms with Crippen LogP contribution in [0.1, 0.15) is 19.3 Å². The molecule has 1 atom stereocenters. The van der Waals surface area contributed by atoms with E-state index in [1.807, 2.05) is 7.05 Å². The normalized spacial score (nSPS) is 27.7. The highest BCUT2D eigenvalue weighted by molar-refractivity contribution is 5.80. The van der Waals surface area contributed by atoms with Gasteiger partial charge < -0.3 is 19.9 Å². The van der Waals surface area contributed by atoms with Crippen molar-refractivity contribution in [3.8, 4) is 0 Å². The molecule has 6 heteroatoms. The van der Waals surface area contributed by atoms with Crippen LogP contribution < -0.4 is 5.32 Å². The second-order valence-corrected chi connectivity index (χ2v) is 6.72. The molecule has 0 aromatic heterocycles. The molecule has 2 heterocycles. The molecule has 0 amide bonds. The number of nitrogens with zero attached hydrogens (tertiary/aromatic N) is 4. The monoisotopic (exact) mass is 309 g/mol. The Kier molecular flexibility index (Phi) is 5.55. The molecule has 1 N–H and O–H groups in total. The fourth-order valence-corrected chi connectivity index (χ4v) is 3.55. The Morgan fingerprint density at radius 1 is 1.23 bits per heavy atom. The summed E-state index contributed by atoms with van der Waals surface area (Å²) in [6.07, 6.45) is 3.99. The summed E-state index contributed by atoms with van der Waals surface area (Å²) in [6, 6.07) is 1.50. The molecule has 0 spiro atoms. The number of guanidine groups is 1. The van der Waals surface area contributed by atoms with E-state index in [0.29, 0.717) is 6.04 Å². The fraction of sp³-hybridized carbons (Fsp3) is 0.938. The largest absolute Gasteiger partial charge is 0.379 e. The molecule has 6 nitrogen and oxygen atoms in total. The lowest BCUT2D eigenvalue weighted by Crippen LogP contribution is -2.47. The first-order valence-electron chi connectivity index (χ1n) is 8.75. The molecule has 3 rings (SSSR count). The van der Waals surface area contributed by atoms with Gasteiger partial charge in [0.2, 0.25) is 0 Å². The number of aliphatic imine (C=N–C) groups is 1. The van der Waals surface area contributed by atoms with E-state index < -0.39 is 0 Å². The van der Waals surface area contributed by atoms with Crippen molar-refractivity contribution in [1.82, 2.24) is 20.0 Å². The number of likely N-dealkylation sites (N-methyl/N-ethyl adjacent to an activating group) is 1. The minimum Gasteiger partial charge on any atom is -0.379 e. The first-order valence-corrected chi connectivity index (χ1v) is 8.75. The molecule has 0 aromatic rings. The van der Waals surface area contributed by atoms with Gasteiger partial charge in [-0.3, -0.25) is 9.89 Å². The van der Waals surface area contributed by atoms with Crippen molar-refractivity contribution in [1.29, 1.82) is 0 Å². The third-order valence-corrected chi connectivity index (χ3v) is 5.15. The van der Waals surface area contributed by atoms with Crippen LogP contribution in [0.4, 0.5) is 0 Å². The molecule has 3 aliphatic rings. The first-order chi connectivity index (χ1) is 10.8. The van der Waals surface area contributed by atoms with Crippen LogP contribution in [0.25, 0.3) is 0 Å². The van der Waals surface area contributed by atoms with Crippen LogP contribution in [-0.2, 0) is 4.74 Å². The molecule has 1 aliphatic carbocycles. The average molecular weight is 309 g/mol. The Labute approximate surface area is 134 Å². The Morgan fingerprint density at radius 3 is 2.68 bits per heavy atom. The number of ether oxygens (including phenoxy) is 1. The van der Waals surface area contributed by atoms with Gasteiger partial charge in [-0.25, -0.2) is 0 Å². The van der Waals surface area contributed by atoms with Crippen molar-refractivity contribution in [3.63, 3.8) is 0 Å². The van der Waals surface area contributed by atoms with E-state index in [9.17, 15) is 0 Å². The van der Waals surface area contributed by atoms with Crippen LogP contribution in [0, 0.1) is 0 Å². The second kappa shape index (κ2) is 7.62. The van der Waals surface area contributed by atoms with Gasteiger partial charge in [-0.2, -0.15) is 0 Å². The summed E-state index contributed by atoms with van der Waals surface area (Å²) in [5, 5.41) is 3.54. The van der Waals surface area contributed by atoms with Crippen LogP contribution >= 0.6 is 0 Å². The smallest absolute Gasteiger partial charge is 0.193 e. The van der Waals surface area contributed by atoms with Gasteiger partial charge in [0.15, 0.2) is 5.96 Å². The molecule has 1 saturated carbocycles. The van der Waals surface area contributed by atoms with E-state index in [2.05, 4.69) is 32.1 Å². The van der Waals surface area contributed by atoms with Gasteiger partial charge in [-0.05, 0) is 26.3 Å². The number of nitrogens with one attached hydrogen (secondary N) is 1. The van der Waals surface area contributed by atoms with Gasteiger partial charge in [0.05, 0.1) is 13.2 Å². The zero-order valence-corrected chi connectivity index (χ0v) is 14.1. The Hall–Kier alpha value is -0.850. The van der Waals surface area contributed by atoms with Crippen LogP contribution in [0.15, 0.2) is 4.99 Å². The molecule has 2 saturated heterocycles. The van der Waals surface area contributed by atoms with Gasteiger partial charge >= 0.3 is 0 Å². The maximum Gasteiger partial charge on any atom is 0.193 e. The summed E-state index contributed by atoms with van der Waals surface area (Å²) in [5.41, 5.74) is 0. The van der Waals surface area contributed by atoms with Crippen molar-refractivity contribution in [2.24, 2.45) is 4.99 Å². The number of likely N-dealkylation sites (tertiary alicyclic amines) is 1. The standard InChI is InChI=1S/C16H31N5O/c1-17-16(18-6-8-19(2)14-3-4-14)21-7-5-15(13-21)20-9-11-22-12-10-20/h14-15H,3-13H2,1-2H3,(H,17,18). The molecule has 2 aliphatic heterocycles. The third kappa shape index (κ3) is 4.12. The van der Waals surface area contributed by atoms with Crippen LogP contribution in [0.2, 0.25) is 0 Å². The highest BCUT2D eigenvalue weighted by Gasteiger charge is 2.30. The van der Waals surface area contributed by atoms with E-state index in [1.165, 1.54) is 19.3 Å². The Bertz CT molecular complexity index is 379. The number of morpholine rings is 1. The van der Waals surface area contributed by atoms with Crippen molar-refractivity contribution >= 4 is 5.96 Å². The van der Waals surface area contributed by atoms with Gasteiger partial charge in [0.25, 0.3) is 0 Å². The predicted molar refractivity (Wildman–Crippen MR) is 89.4 cm³/mol. The summed E-state index contributed by atoms with van der Waals surface area (Å²) in [7, 11) is 4.13. The highest BCUT2D eigenvalue weighted by atomic mass is 16.5. The minimum atomic E-state index is 0.664. The van der Waals surface area contributed by atoms with E-state index in [1.54, 1.807) is 0 Å². The van der Waals surface area contributed by atoms with Gasteiger partial charge in [-0.1, -0.05) is 0 Å². The number of hydrogen-bond donors (Lipinski definition) is 1. The molecule has 0 radical (unpaired) electrons. The Balaban J connectivity index is 1.41. The summed E-state index contributed by atoms with van der Waals surface area (Å²) in [4.78, 5) is 11.9. The van der Waals surface area contributed by atoms with Crippen molar-refractivity contribution in [3.05, 3.63) is 0 Å². The van der Waals surface area contributed by atoms with E-state index in [0.717, 1.165) is 64.5 Å². The fourth-order valence-electron chi connectivity index (χ4n) is 3.55. The predicted octanol–water partition coefficient (Wildman–Crippen LogP) is 0.0625. The van der Waals surface area contributed by atoms with Crippen LogP contribution in [0.3, 0.4) is 0 Å². The molecule has 1 unspecified atom stereocenters. The first kappa shape index (κ1) is 16.0. The second-order valence-electron chi connectivity index (χ2n) is 6.72. The molecule has 126 valence electrons. The highest BCUT2D eigenvalue weighted by Crippen LogP contribution is 2.24. The zero-order valence-electron chi connectivity index (χ0n) is 14.1. The molecule has 0 bridgehead atoms. The van der Waals surface area contributed by atoms with Crippen LogP contribution in [-0.4, -0.2) is 99.3 Å². The number of hydrogen-bond acceptors (Lipinski definition) is 4. The number of rotatable bonds is 5. The third-order valence-electron chi connectivity index (χ3n) is 5.15. The zero-order chi connectivity index (χ0) is 15.4. The lowest BCUT2D eigenvalue weighted by atomic mass is 10.2. The lowest BCUT2D eigenvalue weighted by Gasteiger charge is -2.32. The minimum absolute atomic E-state index is 0.664. The molecule has 22 heavy (non-hydrogen) atoms. The summed E-state index contributed by atoms with van der Waals surface area (Å²) in [5.74, 6) is 1.07. The van der Waals surface area contributed by atoms with Crippen molar-refractivity contribution in [2.75, 3.05) is 66.6 Å². The molecule has 3 fully saturated rings. The average Bonchev–Trinajstić information content (AvgIpc) is 3.30. The summed E-state index contributed by atoms with van der Waals surface area (Å²) < 4.78 is 5.46. The molecular weight excluding hydrogens is 278 g/mol. The van der Waals surface area contributed by atoms with E-state index in [-0.39, 0.29) is 0 Å². The summed E-state index contributed by atoms with van der Waals surface area (Å²) >= 11 is 0.